The topological polar surface area (TPSA) is 66.6 Å². The van der Waals surface area contributed by atoms with Crippen LogP contribution in [0.15, 0.2) is 28.7 Å². The summed E-state index contributed by atoms with van der Waals surface area (Å²) in [4.78, 5) is 17.6. The molecule has 2 heterocycles. The first-order valence-corrected chi connectivity index (χ1v) is 7.61. The zero-order valence-electron chi connectivity index (χ0n) is 12.3. The number of aliphatic carboxylic acids is 1. The molecule has 1 aromatic heterocycles. The van der Waals surface area contributed by atoms with E-state index in [1.165, 1.54) is 0 Å². The molecule has 3 rings (SSSR count). The molecule has 5 nitrogen and oxygen atoms in total. The van der Waals surface area contributed by atoms with Gasteiger partial charge in [-0.25, -0.2) is 4.98 Å². The minimum Gasteiger partial charge on any atom is -0.480 e. The van der Waals surface area contributed by atoms with Crippen molar-refractivity contribution >= 4 is 17.6 Å². The largest absolute Gasteiger partial charge is 0.480 e. The van der Waals surface area contributed by atoms with Crippen molar-refractivity contribution < 1.29 is 14.3 Å². The van der Waals surface area contributed by atoms with Gasteiger partial charge < -0.3 is 9.52 Å². The predicted molar refractivity (Wildman–Crippen MR) is 82.8 cm³/mol. The number of nitrogens with zero attached hydrogens (tertiary/aromatic N) is 2. The Morgan fingerprint density at radius 3 is 2.86 bits per heavy atom. The highest BCUT2D eigenvalue weighted by molar-refractivity contribution is 6.30. The van der Waals surface area contributed by atoms with Gasteiger partial charge in [-0.3, -0.25) is 9.69 Å². The van der Waals surface area contributed by atoms with Gasteiger partial charge in [-0.2, -0.15) is 0 Å². The molecule has 22 heavy (non-hydrogen) atoms. The summed E-state index contributed by atoms with van der Waals surface area (Å²) in [6.45, 7) is 3.07. The smallest absolute Gasteiger partial charge is 0.320 e. The van der Waals surface area contributed by atoms with Crippen molar-refractivity contribution in [2.24, 2.45) is 0 Å². The van der Waals surface area contributed by atoms with Gasteiger partial charge >= 0.3 is 5.97 Å². The van der Waals surface area contributed by atoms with Gasteiger partial charge in [0.1, 0.15) is 6.04 Å². The van der Waals surface area contributed by atoms with Crippen LogP contribution < -0.4 is 0 Å². The summed E-state index contributed by atoms with van der Waals surface area (Å²) in [6.07, 6.45) is 1.57. The van der Waals surface area contributed by atoms with E-state index in [1.807, 2.05) is 24.0 Å². The van der Waals surface area contributed by atoms with Crippen LogP contribution in [0.5, 0.6) is 0 Å². The van der Waals surface area contributed by atoms with Crippen LogP contribution in [0.2, 0.25) is 5.02 Å². The number of hydrogen-bond acceptors (Lipinski definition) is 4. The summed E-state index contributed by atoms with van der Waals surface area (Å²) >= 11 is 5.89. The summed E-state index contributed by atoms with van der Waals surface area (Å²) in [5.41, 5.74) is 1.71. The maximum atomic E-state index is 11.2. The molecule has 1 saturated heterocycles. The second-order valence-electron chi connectivity index (χ2n) is 5.50. The Balaban J connectivity index is 1.80. The van der Waals surface area contributed by atoms with Gasteiger partial charge in [0.15, 0.2) is 5.76 Å². The van der Waals surface area contributed by atoms with Crippen molar-refractivity contribution in [3.8, 4) is 11.3 Å². The SMILES string of the molecule is Cc1nc(CN2CCC[C@H]2C(=O)O)oc1-c1ccc(Cl)cc1. The molecule has 6 heteroatoms. The maximum Gasteiger partial charge on any atom is 0.320 e. The molecule has 0 radical (unpaired) electrons. The third-order valence-corrected chi connectivity index (χ3v) is 4.19. The summed E-state index contributed by atoms with van der Waals surface area (Å²) < 4.78 is 5.84. The average molecular weight is 321 g/mol. The molecule has 1 aliphatic rings. The lowest BCUT2D eigenvalue weighted by molar-refractivity contribution is -0.142. The lowest BCUT2D eigenvalue weighted by atomic mass is 10.1. The average Bonchev–Trinajstić information content (AvgIpc) is 3.07. The number of likely N-dealkylation sites (tertiary alicyclic amines) is 1. The molecule has 2 aromatic rings. The third kappa shape index (κ3) is 3.00. The van der Waals surface area contributed by atoms with E-state index in [0.29, 0.717) is 29.6 Å². The lowest BCUT2D eigenvalue weighted by Crippen LogP contribution is -2.35. The number of rotatable bonds is 4. The number of carboxylic acids is 1. The fraction of sp³-hybridized carbons (Fsp3) is 0.375. The number of hydrogen-bond donors (Lipinski definition) is 1. The standard InChI is InChI=1S/C16H17ClN2O3/c1-10-15(11-4-6-12(17)7-5-11)22-14(18-10)9-19-8-2-3-13(19)16(20)21/h4-7,13H,2-3,8-9H2,1H3,(H,20,21)/t13-/m0/s1. The number of benzene rings is 1. The van der Waals surface area contributed by atoms with E-state index < -0.39 is 12.0 Å². The van der Waals surface area contributed by atoms with Crippen LogP contribution in [0.25, 0.3) is 11.3 Å². The Hall–Kier alpha value is -1.85. The number of halogens is 1. The Kier molecular flexibility index (Phi) is 4.18. The molecule has 0 unspecified atom stereocenters. The molecule has 1 atom stereocenters. The van der Waals surface area contributed by atoms with Crippen LogP contribution in [0.4, 0.5) is 0 Å². The minimum absolute atomic E-state index is 0.422. The molecular formula is C16H17ClN2O3. The molecule has 1 fully saturated rings. The fourth-order valence-electron chi connectivity index (χ4n) is 2.86. The number of carbonyl (C=O) groups is 1. The number of aromatic nitrogens is 1. The lowest BCUT2D eigenvalue weighted by Gasteiger charge is -2.18. The molecule has 0 aliphatic carbocycles. The van der Waals surface area contributed by atoms with Gasteiger partial charge in [0, 0.05) is 10.6 Å². The Morgan fingerprint density at radius 2 is 2.18 bits per heavy atom. The van der Waals surface area contributed by atoms with Crippen LogP contribution in [0, 0.1) is 6.92 Å². The molecule has 0 amide bonds. The number of oxazole rings is 1. The molecule has 116 valence electrons. The van der Waals surface area contributed by atoms with Gasteiger partial charge in [-0.1, -0.05) is 11.6 Å². The zero-order chi connectivity index (χ0) is 15.7. The quantitative estimate of drug-likeness (QED) is 0.935. The molecule has 0 saturated carbocycles. The van der Waals surface area contributed by atoms with Crippen LogP contribution in [0.3, 0.4) is 0 Å². The molecule has 1 N–H and O–H groups in total. The van der Waals surface area contributed by atoms with Gasteiger partial charge in [0.25, 0.3) is 0 Å². The van der Waals surface area contributed by atoms with Crippen LogP contribution in [-0.4, -0.2) is 33.5 Å². The van der Waals surface area contributed by atoms with Crippen molar-refractivity contribution in [3.05, 3.63) is 40.9 Å². The highest BCUT2D eigenvalue weighted by Gasteiger charge is 2.31. The zero-order valence-corrected chi connectivity index (χ0v) is 13.0. The normalized spacial score (nSPS) is 18.7. The van der Waals surface area contributed by atoms with E-state index in [9.17, 15) is 9.90 Å². The van der Waals surface area contributed by atoms with Gasteiger partial charge in [-0.15, -0.1) is 0 Å². The first-order valence-electron chi connectivity index (χ1n) is 7.23. The third-order valence-electron chi connectivity index (χ3n) is 3.93. The van der Waals surface area contributed by atoms with Crippen LogP contribution in [0.1, 0.15) is 24.4 Å². The Labute approximate surface area is 133 Å². The van der Waals surface area contributed by atoms with E-state index in [-0.39, 0.29) is 0 Å². The second kappa shape index (κ2) is 6.10. The van der Waals surface area contributed by atoms with E-state index >= 15 is 0 Å². The number of aryl methyl sites for hydroxylation is 1. The summed E-state index contributed by atoms with van der Waals surface area (Å²) in [5, 5.41) is 9.89. The van der Waals surface area contributed by atoms with Crippen molar-refractivity contribution in [2.75, 3.05) is 6.54 Å². The van der Waals surface area contributed by atoms with Crippen molar-refractivity contribution in [3.63, 3.8) is 0 Å². The minimum atomic E-state index is -0.779. The van der Waals surface area contributed by atoms with Gasteiger partial charge in [-0.05, 0) is 50.6 Å². The monoisotopic (exact) mass is 320 g/mol. The summed E-state index contributed by atoms with van der Waals surface area (Å²) in [7, 11) is 0. The molecule has 1 aromatic carbocycles. The van der Waals surface area contributed by atoms with E-state index in [4.69, 9.17) is 16.0 Å². The van der Waals surface area contributed by atoms with Crippen molar-refractivity contribution in [1.29, 1.82) is 0 Å². The van der Waals surface area contributed by atoms with Gasteiger partial charge in [0.2, 0.25) is 5.89 Å². The summed E-state index contributed by atoms with van der Waals surface area (Å²) in [5.74, 6) is 0.479. The first-order chi connectivity index (χ1) is 10.5. The summed E-state index contributed by atoms with van der Waals surface area (Å²) in [6, 6.07) is 6.94. The highest BCUT2D eigenvalue weighted by Crippen LogP contribution is 2.27. The first kappa shape index (κ1) is 15.1. The molecular weight excluding hydrogens is 304 g/mol. The molecule has 1 aliphatic heterocycles. The van der Waals surface area contributed by atoms with Crippen LogP contribution in [-0.2, 0) is 11.3 Å². The number of carboxylic acid groups (broad SMARTS) is 1. The van der Waals surface area contributed by atoms with E-state index in [0.717, 1.165) is 24.2 Å². The van der Waals surface area contributed by atoms with Crippen molar-refractivity contribution in [1.82, 2.24) is 9.88 Å². The van der Waals surface area contributed by atoms with E-state index in [2.05, 4.69) is 4.98 Å². The second-order valence-corrected chi connectivity index (χ2v) is 5.93. The van der Waals surface area contributed by atoms with Crippen LogP contribution >= 0.6 is 11.6 Å². The fourth-order valence-corrected chi connectivity index (χ4v) is 2.98. The van der Waals surface area contributed by atoms with E-state index in [1.54, 1.807) is 12.1 Å². The highest BCUT2D eigenvalue weighted by atomic mass is 35.5. The molecule has 0 spiro atoms. The Morgan fingerprint density at radius 1 is 1.45 bits per heavy atom. The molecule has 0 bridgehead atoms. The predicted octanol–water partition coefficient (Wildman–Crippen LogP) is 3.35. The maximum absolute atomic E-state index is 11.2. The van der Waals surface area contributed by atoms with Gasteiger partial charge in [0.05, 0.1) is 12.2 Å². The Bertz CT molecular complexity index is 681. The van der Waals surface area contributed by atoms with Crippen molar-refractivity contribution in [2.45, 2.75) is 32.4 Å².